The number of carbonyl (C=O) groups is 2. The molecule has 23 heavy (non-hydrogen) atoms. The number of hydrogen-bond donors (Lipinski definition) is 3. The van der Waals surface area contributed by atoms with Crippen LogP contribution in [0.2, 0.25) is 0 Å². The molecule has 0 fully saturated rings. The largest absolute Gasteiger partial charge is 0.481 e. The third kappa shape index (κ3) is 13.6. The van der Waals surface area contributed by atoms with Crippen LogP contribution in [0.5, 0.6) is 0 Å². The Morgan fingerprint density at radius 3 is 2.43 bits per heavy atom. The maximum absolute atomic E-state index is 11.3. The number of aliphatic hydroxyl groups excluding tert-OH is 1. The van der Waals surface area contributed by atoms with Crippen LogP contribution >= 0.6 is 0 Å². The van der Waals surface area contributed by atoms with Crippen molar-refractivity contribution in [1.29, 1.82) is 0 Å². The van der Waals surface area contributed by atoms with Gasteiger partial charge in [-0.3, -0.25) is 4.79 Å². The smallest absolute Gasteiger partial charge is 0.315 e. The molecule has 1 unspecified atom stereocenters. The van der Waals surface area contributed by atoms with Crippen LogP contribution in [0.15, 0.2) is 0 Å². The Morgan fingerprint density at radius 2 is 1.83 bits per heavy atom. The van der Waals surface area contributed by atoms with Gasteiger partial charge in [-0.1, -0.05) is 44.4 Å². The lowest BCUT2D eigenvalue weighted by Gasteiger charge is -2.17. The molecule has 0 aromatic carbocycles. The van der Waals surface area contributed by atoms with Crippen molar-refractivity contribution in [2.75, 3.05) is 13.1 Å². The molecule has 0 aromatic rings. The second-order valence-electron chi connectivity index (χ2n) is 5.65. The number of primary amides is 1. The number of carboxylic acid groups (broad SMARTS) is 1. The fraction of sp³-hybridized carbons (Fsp3) is 0.765. The Morgan fingerprint density at radius 1 is 1.13 bits per heavy atom. The molecule has 4 N–H and O–H groups in total. The van der Waals surface area contributed by atoms with Gasteiger partial charge in [0.05, 0.1) is 6.54 Å². The summed E-state index contributed by atoms with van der Waals surface area (Å²) < 4.78 is 0. The molecule has 6 heteroatoms. The molecule has 0 aliphatic heterocycles. The SMILES string of the molecule is CCCCCC(O)C#CCN(CCCCCCC(=O)O)C(N)=O. The van der Waals surface area contributed by atoms with Crippen molar-refractivity contribution in [3.8, 4) is 11.8 Å². The van der Waals surface area contributed by atoms with Crippen LogP contribution in [0, 0.1) is 11.8 Å². The van der Waals surface area contributed by atoms with Crippen molar-refractivity contribution in [2.24, 2.45) is 5.73 Å². The van der Waals surface area contributed by atoms with E-state index in [1.54, 1.807) is 0 Å². The fourth-order valence-corrected chi connectivity index (χ4v) is 2.12. The van der Waals surface area contributed by atoms with Crippen molar-refractivity contribution >= 4 is 12.0 Å². The zero-order valence-corrected chi connectivity index (χ0v) is 14.1. The number of aliphatic carboxylic acids is 1. The Kier molecular flexibility index (Phi) is 12.8. The predicted molar refractivity (Wildman–Crippen MR) is 89.8 cm³/mol. The topological polar surface area (TPSA) is 104 Å². The Balaban J connectivity index is 3.94. The van der Waals surface area contributed by atoms with Crippen molar-refractivity contribution in [2.45, 2.75) is 70.8 Å². The summed E-state index contributed by atoms with van der Waals surface area (Å²) in [5, 5.41) is 18.2. The molecular weight excluding hydrogens is 296 g/mol. The number of carbonyl (C=O) groups excluding carboxylic acids is 1. The second kappa shape index (κ2) is 13.9. The molecular formula is C17H30N2O4. The van der Waals surface area contributed by atoms with Crippen LogP contribution in [0.3, 0.4) is 0 Å². The molecule has 132 valence electrons. The normalized spacial score (nSPS) is 11.4. The molecule has 0 aliphatic rings. The van der Waals surface area contributed by atoms with Crippen LogP contribution in [0.25, 0.3) is 0 Å². The van der Waals surface area contributed by atoms with Crippen LogP contribution < -0.4 is 5.73 Å². The first-order chi connectivity index (χ1) is 11.0. The molecule has 1 atom stereocenters. The van der Waals surface area contributed by atoms with E-state index in [0.29, 0.717) is 19.4 Å². The first-order valence-corrected chi connectivity index (χ1v) is 8.40. The zero-order chi connectivity index (χ0) is 17.5. The van der Waals surface area contributed by atoms with Crippen LogP contribution in [0.4, 0.5) is 4.79 Å². The first-order valence-electron chi connectivity index (χ1n) is 8.40. The number of amides is 2. The molecule has 0 saturated carbocycles. The van der Waals surface area contributed by atoms with Gasteiger partial charge in [-0.05, 0) is 25.7 Å². The van der Waals surface area contributed by atoms with E-state index in [-0.39, 0.29) is 13.0 Å². The summed E-state index contributed by atoms with van der Waals surface area (Å²) in [6.45, 7) is 2.82. The van der Waals surface area contributed by atoms with Crippen molar-refractivity contribution in [1.82, 2.24) is 4.90 Å². The number of unbranched alkanes of at least 4 members (excludes halogenated alkanes) is 5. The van der Waals surface area contributed by atoms with Crippen molar-refractivity contribution in [3.63, 3.8) is 0 Å². The number of urea groups is 1. The monoisotopic (exact) mass is 326 g/mol. The Labute approximate surface area is 139 Å². The van der Waals surface area contributed by atoms with Gasteiger partial charge in [-0.2, -0.15) is 0 Å². The number of aliphatic hydroxyl groups is 1. The maximum atomic E-state index is 11.3. The van der Waals surface area contributed by atoms with Crippen molar-refractivity contribution < 1.29 is 19.8 Å². The van der Waals surface area contributed by atoms with Gasteiger partial charge >= 0.3 is 12.0 Å². The highest BCUT2D eigenvalue weighted by molar-refractivity contribution is 5.72. The van der Waals surface area contributed by atoms with E-state index in [9.17, 15) is 14.7 Å². The summed E-state index contributed by atoms with van der Waals surface area (Å²) >= 11 is 0. The minimum atomic E-state index is -0.781. The van der Waals surface area contributed by atoms with E-state index in [1.165, 1.54) is 4.90 Å². The molecule has 0 radical (unpaired) electrons. The molecule has 0 aliphatic carbocycles. The summed E-state index contributed by atoms with van der Waals surface area (Å²) in [5.41, 5.74) is 5.31. The van der Waals surface area contributed by atoms with Gasteiger partial charge in [0.2, 0.25) is 0 Å². The third-order valence-corrected chi connectivity index (χ3v) is 3.50. The van der Waals surface area contributed by atoms with E-state index in [2.05, 4.69) is 18.8 Å². The summed E-state index contributed by atoms with van der Waals surface area (Å²) in [5.74, 6) is 4.77. The summed E-state index contributed by atoms with van der Waals surface area (Å²) in [7, 11) is 0. The van der Waals surface area contributed by atoms with Crippen LogP contribution in [0.1, 0.15) is 64.7 Å². The Bertz CT molecular complexity index is 401. The maximum Gasteiger partial charge on any atom is 0.315 e. The molecule has 0 rings (SSSR count). The summed E-state index contributed by atoms with van der Waals surface area (Å²) in [4.78, 5) is 23.2. The van der Waals surface area contributed by atoms with Gasteiger partial charge in [0.1, 0.15) is 6.10 Å². The summed E-state index contributed by atoms with van der Waals surface area (Å²) in [6.07, 6.45) is 6.40. The van der Waals surface area contributed by atoms with Gasteiger partial charge in [-0.15, -0.1) is 0 Å². The third-order valence-electron chi connectivity index (χ3n) is 3.50. The minimum Gasteiger partial charge on any atom is -0.481 e. The highest BCUT2D eigenvalue weighted by Gasteiger charge is 2.07. The highest BCUT2D eigenvalue weighted by Crippen LogP contribution is 2.05. The average molecular weight is 326 g/mol. The number of carboxylic acids is 1. The molecule has 0 saturated heterocycles. The van der Waals surface area contributed by atoms with E-state index >= 15 is 0 Å². The van der Waals surface area contributed by atoms with E-state index in [1.807, 2.05) is 0 Å². The lowest BCUT2D eigenvalue weighted by atomic mass is 10.1. The lowest BCUT2D eigenvalue weighted by molar-refractivity contribution is -0.137. The fourth-order valence-electron chi connectivity index (χ4n) is 2.12. The second-order valence-corrected chi connectivity index (χ2v) is 5.65. The van der Waals surface area contributed by atoms with E-state index in [4.69, 9.17) is 10.8 Å². The van der Waals surface area contributed by atoms with E-state index < -0.39 is 18.1 Å². The molecule has 6 nitrogen and oxygen atoms in total. The molecule has 0 bridgehead atoms. The van der Waals surface area contributed by atoms with Gasteiger partial charge in [0.15, 0.2) is 0 Å². The molecule has 2 amide bonds. The number of nitrogens with zero attached hydrogens (tertiary/aromatic N) is 1. The van der Waals surface area contributed by atoms with Gasteiger partial charge < -0.3 is 20.8 Å². The Hall–Kier alpha value is -1.74. The number of rotatable bonds is 12. The average Bonchev–Trinajstić information content (AvgIpc) is 2.48. The highest BCUT2D eigenvalue weighted by atomic mass is 16.4. The van der Waals surface area contributed by atoms with Gasteiger partial charge in [0.25, 0.3) is 0 Å². The molecule has 0 spiro atoms. The van der Waals surface area contributed by atoms with Crippen LogP contribution in [-0.4, -0.2) is 46.3 Å². The first kappa shape index (κ1) is 21.3. The predicted octanol–water partition coefficient (Wildman–Crippen LogP) is 2.35. The quantitative estimate of drug-likeness (QED) is 0.378. The van der Waals surface area contributed by atoms with Gasteiger partial charge in [-0.25, -0.2) is 4.79 Å². The van der Waals surface area contributed by atoms with Crippen molar-refractivity contribution in [3.05, 3.63) is 0 Å². The zero-order valence-electron chi connectivity index (χ0n) is 14.1. The molecule has 0 aromatic heterocycles. The summed E-state index contributed by atoms with van der Waals surface area (Å²) in [6, 6.07) is -0.523. The standard InChI is InChI=1S/C17H30N2O4/c1-2-3-6-10-15(20)11-9-14-19(17(18)23)13-8-5-4-7-12-16(21)22/h15,20H,2-8,10,12-14H2,1H3,(H2,18,23)(H,21,22). The van der Waals surface area contributed by atoms with Crippen LogP contribution in [-0.2, 0) is 4.79 Å². The number of hydrogen-bond acceptors (Lipinski definition) is 3. The molecule has 0 heterocycles. The lowest BCUT2D eigenvalue weighted by Crippen LogP contribution is -2.36. The van der Waals surface area contributed by atoms with Gasteiger partial charge in [0, 0.05) is 13.0 Å². The van der Waals surface area contributed by atoms with E-state index in [0.717, 1.165) is 38.5 Å². The minimum absolute atomic E-state index is 0.181. The number of nitrogens with two attached hydrogens (primary N) is 1.